The number of pyridine rings is 1. The van der Waals surface area contributed by atoms with Crippen LogP contribution in [0.2, 0.25) is 0 Å². The molecule has 2 amide bonds. The van der Waals surface area contributed by atoms with E-state index in [0.29, 0.717) is 11.5 Å². The van der Waals surface area contributed by atoms with Crippen molar-refractivity contribution in [2.45, 2.75) is 44.6 Å². The zero-order valence-electron chi connectivity index (χ0n) is 12.4. The molecular weight excluding hydrogens is 308 g/mol. The number of nitrogens with one attached hydrogen (secondary N) is 2. The molecule has 2 bridgehead atoms. The van der Waals surface area contributed by atoms with E-state index in [9.17, 15) is 18.7 Å². The number of fused-ring (bicyclic) bond motifs is 2. The highest BCUT2D eigenvalue weighted by Crippen LogP contribution is 2.44. The van der Waals surface area contributed by atoms with Gasteiger partial charge in [-0.05, 0) is 36.8 Å². The van der Waals surface area contributed by atoms with Gasteiger partial charge in [-0.1, -0.05) is 0 Å². The molecule has 2 saturated carbocycles. The van der Waals surface area contributed by atoms with Gasteiger partial charge in [-0.3, -0.25) is 0 Å². The lowest BCUT2D eigenvalue weighted by Crippen LogP contribution is -2.46. The van der Waals surface area contributed by atoms with Crippen LogP contribution in [0.15, 0.2) is 18.3 Å². The van der Waals surface area contributed by atoms with Crippen LogP contribution < -0.4 is 15.4 Å². The Kier molecular flexibility index (Phi) is 4.61. The van der Waals surface area contributed by atoms with E-state index in [1.54, 1.807) is 6.07 Å². The van der Waals surface area contributed by atoms with Crippen LogP contribution in [0.3, 0.4) is 0 Å². The first-order valence-corrected chi connectivity index (χ1v) is 7.63. The molecule has 3 rings (SSSR count). The number of urea groups is 1. The van der Waals surface area contributed by atoms with Crippen LogP contribution in [0.1, 0.15) is 24.8 Å². The first kappa shape index (κ1) is 15.9. The van der Waals surface area contributed by atoms with Crippen LogP contribution in [0.25, 0.3) is 0 Å². The molecule has 2 aliphatic rings. The highest BCUT2D eigenvalue weighted by Gasteiger charge is 2.45. The maximum atomic E-state index is 12.1. The summed E-state index contributed by atoms with van der Waals surface area (Å²) in [6.07, 6.45) is 3.71. The van der Waals surface area contributed by atoms with Gasteiger partial charge < -0.3 is 20.5 Å². The van der Waals surface area contributed by atoms with Crippen molar-refractivity contribution in [1.82, 2.24) is 15.6 Å². The Balaban J connectivity index is 1.48. The van der Waals surface area contributed by atoms with Crippen LogP contribution in [-0.4, -0.2) is 34.9 Å². The van der Waals surface area contributed by atoms with E-state index in [-0.39, 0.29) is 36.5 Å². The molecule has 23 heavy (non-hydrogen) atoms. The van der Waals surface area contributed by atoms with Gasteiger partial charge in [0.25, 0.3) is 0 Å². The molecule has 0 aromatic carbocycles. The summed E-state index contributed by atoms with van der Waals surface area (Å²) in [6, 6.07) is 2.63. The largest absolute Gasteiger partial charge is 0.417 e. The van der Waals surface area contributed by atoms with Gasteiger partial charge in [-0.25, -0.2) is 9.78 Å². The number of aromatic nitrogens is 1. The quantitative estimate of drug-likeness (QED) is 0.768. The number of nitrogens with zero attached hydrogens (tertiary/aromatic N) is 1. The average Bonchev–Trinajstić information content (AvgIpc) is 3.03. The van der Waals surface area contributed by atoms with E-state index < -0.39 is 6.61 Å². The first-order chi connectivity index (χ1) is 11.0. The first-order valence-electron chi connectivity index (χ1n) is 7.63. The molecule has 2 fully saturated rings. The van der Waals surface area contributed by atoms with Gasteiger partial charge in [0.05, 0.1) is 6.10 Å². The summed E-state index contributed by atoms with van der Waals surface area (Å²) < 4.78 is 28.5. The smallest absolute Gasteiger partial charge is 0.388 e. The van der Waals surface area contributed by atoms with E-state index in [1.807, 2.05) is 0 Å². The van der Waals surface area contributed by atoms with Crippen LogP contribution >= 0.6 is 0 Å². The van der Waals surface area contributed by atoms with Crippen LogP contribution in [-0.2, 0) is 6.54 Å². The summed E-state index contributed by atoms with van der Waals surface area (Å²) in [5, 5.41) is 15.4. The molecule has 1 aromatic heterocycles. The van der Waals surface area contributed by atoms with Crippen molar-refractivity contribution in [3.05, 3.63) is 23.9 Å². The average molecular weight is 327 g/mol. The number of aliphatic hydroxyl groups excluding tert-OH is 1. The third-order valence-electron chi connectivity index (χ3n) is 4.56. The fourth-order valence-corrected chi connectivity index (χ4v) is 3.60. The lowest BCUT2D eigenvalue weighted by molar-refractivity contribution is -0.0529. The zero-order chi connectivity index (χ0) is 16.4. The maximum absolute atomic E-state index is 12.1. The molecule has 0 radical (unpaired) electrons. The van der Waals surface area contributed by atoms with Crippen molar-refractivity contribution in [1.29, 1.82) is 0 Å². The molecule has 2 aliphatic carbocycles. The fraction of sp³-hybridized carbons (Fsp3) is 0.600. The SMILES string of the molecule is O=C(NCc1ccnc(OC(F)F)c1)NC1C[C@H]2C[C@@H](O)[C@@H]1C2. The minimum absolute atomic E-state index is 0.00100. The predicted molar refractivity (Wildman–Crippen MR) is 76.9 cm³/mol. The van der Waals surface area contributed by atoms with Gasteiger partial charge >= 0.3 is 12.6 Å². The van der Waals surface area contributed by atoms with Crippen LogP contribution in [0.4, 0.5) is 13.6 Å². The van der Waals surface area contributed by atoms with Gasteiger partial charge in [0.15, 0.2) is 0 Å². The molecule has 3 N–H and O–H groups in total. The normalized spacial score (nSPS) is 28.9. The number of hydrogen-bond acceptors (Lipinski definition) is 4. The van der Waals surface area contributed by atoms with E-state index >= 15 is 0 Å². The third kappa shape index (κ3) is 3.87. The molecule has 1 heterocycles. The predicted octanol–water partition coefficient (Wildman–Crippen LogP) is 1.64. The molecule has 0 saturated heterocycles. The topological polar surface area (TPSA) is 83.5 Å². The zero-order valence-corrected chi connectivity index (χ0v) is 12.4. The number of hydrogen-bond donors (Lipinski definition) is 3. The van der Waals surface area contributed by atoms with Crippen LogP contribution in [0.5, 0.6) is 5.88 Å². The van der Waals surface area contributed by atoms with E-state index in [0.717, 1.165) is 19.3 Å². The van der Waals surface area contributed by atoms with Gasteiger partial charge in [0.2, 0.25) is 5.88 Å². The van der Waals surface area contributed by atoms with Gasteiger partial charge in [-0.2, -0.15) is 8.78 Å². The Morgan fingerprint density at radius 3 is 2.96 bits per heavy atom. The van der Waals surface area contributed by atoms with Crippen molar-refractivity contribution in [2.24, 2.45) is 11.8 Å². The summed E-state index contributed by atoms with van der Waals surface area (Å²) >= 11 is 0. The summed E-state index contributed by atoms with van der Waals surface area (Å²) in [6.45, 7) is -2.75. The number of rotatable bonds is 5. The summed E-state index contributed by atoms with van der Waals surface area (Å²) in [7, 11) is 0. The summed E-state index contributed by atoms with van der Waals surface area (Å²) in [5.41, 5.74) is 0.610. The van der Waals surface area contributed by atoms with E-state index in [1.165, 1.54) is 12.3 Å². The monoisotopic (exact) mass is 327 g/mol. The second-order valence-corrected chi connectivity index (χ2v) is 6.12. The number of carbonyl (C=O) groups is 1. The molecule has 4 atom stereocenters. The Labute approximate surface area is 132 Å². The number of aliphatic hydroxyl groups is 1. The van der Waals surface area contributed by atoms with Crippen molar-refractivity contribution in [2.75, 3.05) is 0 Å². The number of amides is 2. The minimum Gasteiger partial charge on any atom is -0.417 e. The van der Waals surface area contributed by atoms with Gasteiger partial charge in [-0.15, -0.1) is 0 Å². The lowest BCUT2D eigenvalue weighted by Gasteiger charge is -2.26. The Hall–Kier alpha value is -1.96. The lowest BCUT2D eigenvalue weighted by atomic mass is 9.93. The highest BCUT2D eigenvalue weighted by atomic mass is 19.3. The summed E-state index contributed by atoms with van der Waals surface area (Å²) in [4.78, 5) is 15.6. The van der Waals surface area contributed by atoms with Gasteiger partial charge in [0, 0.05) is 30.8 Å². The number of alkyl halides is 2. The maximum Gasteiger partial charge on any atom is 0.388 e. The van der Waals surface area contributed by atoms with Crippen molar-refractivity contribution >= 4 is 6.03 Å². The van der Waals surface area contributed by atoms with E-state index in [2.05, 4.69) is 20.4 Å². The van der Waals surface area contributed by atoms with Crippen molar-refractivity contribution in [3.63, 3.8) is 0 Å². The summed E-state index contributed by atoms with van der Waals surface area (Å²) in [5.74, 6) is 0.447. The Bertz CT molecular complexity index is 573. The highest BCUT2D eigenvalue weighted by molar-refractivity contribution is 5.74. The van der Waals surface area contributed by atoms with Crippen LogP contribution in [0, 0.1) is 11.8 Å². The molecule has 6 nitrogen and oxygen atoms in total. The molecular formula is C15H19F2N3O3. The van der Waals surface area contributed by atoms with Crippen molar-refractivity contribution < 1.29 is 23.4 Å². The number of ether oxygens (including phenoxy) is 1. The minimum atomic E-state index is -2.93. The second-order valence-electron chi connectivity index (χ2n) is 6.12. The number of halogens is 2. The fourth-order valence-electron chi connectivity index (χ4n) is 3.60. The third-order valence-corrected chi connectivity index (χ3v) is 4.56. The molecule has 126 valence electrons. The molecule has 1 aromatic rings. The molecule has 0 spiro atoms. The Morgan fingerprint density at radius 1 is 1.43 bits per heavy atom. The van der Waals surface area contributed by atoms with Gasteiger partial charge in [0.1, 0.15) is 0 Å². The van der Waals surface area contributed by atoms with E-state index in [4.69, 9.17) is 0 Å². The standard InChI is InChI=1S/C15H19F2N3O3/c16-14(17)23-13-6-8(1-2-18-13)7-19-15(22)20-11-4-9-3-10(11)12(21)5-9/h1-2,6,9-12,14,21H,3-5,7H2,(H2,19,20,22)/t9-,10+,11?,12+/m0/s1. The van der Waals surface area contributed by atoms with Crippen molar-refractivity contribution in [3.8, 4) is 5.88 Å². The molecule has 8 heteroatoms. The molecule has 1 unspecified atom stereocenters. The Morgan fingerprint density at radius 2 is 2.26 bits per heavy atom. The number of carbonyl (C=O) groups excluding carboxylic acids is 1. The molecule has 0 aliphatic heterocycles. The second kappa shape index (κ2) is 6.66.